The lowest BCUT2D eigenvalue weighted by Crippen LogP contribution is -1.89. The summed E-state index contributed by atoms with van der Waals surface area (Å²) in [6, 6.07) is 1.82. The third-order valence-corrected chi connectivity index (χ3v) is 1.37. The van der Waals surface area contributed by atoms with Crippen molar-refractivity contribution in [3.8, 4) is 0 Å². The zero-order valence-corrected chi connectivity index (χ0v) is 6.24. The minimum absolute atomic E-state index is 0.184. The molecule has 0 bridgehead atoms. The van der Waals surface area contributed by atoms with Crippen LogP contribution in [0.25, 0.3) is 10.4 Å². The number of azide groups is 1. The first kappa shape index (κ1) is 9.15. The van der Waals surface area contributed by atoms with E-state index in [0.717, 1.165) is 12.1 Å². The van der Waals surface area contributed by atoms with Crippen LogP contribution in [0.15, 0.2) is 17.2 Å². The van der Waals surface area contributed by atoms with Gasteiger partial charge in [0.1, 0.15) is 0 Å². The van der Waals surface area contributed by atoms with Crippen molar-refractivity contribution in [3.63, 3.8) is 0 Å². The maximum absolute atomic E-state index is 12.8. The minimum Gasteiger partial charge on any atom is -0.298 e. The van der Waals surface area contributed by atoms with Crippen molar-refractivity contribution < 1.29 is 13.6 Å². The third kappa shape index (κ3) is 1.62. The van der Waals surface area contributed by atoms with E-state index in [-0.39, 0.29) is 11.8 Å². The van der Waals surface area contributed by atoms with Gasteiger partial charge >= 0.3 is 0 Å². The Labute approximate surface area is 71.4 Å². The van der Waals surface area contributed by atoms with Crippen molar-refractivity contribution in [1.29, 1.82) is 0 Å². The van der Waals surface area contributed by atoms with Gasteiger partial charge in [-0.3, -0.25) is 4.79 Å². The fourth-order valence-electron chi connectivity index (χ4n) is 0.796. The summed E-state index contributed by atoms with van der Waals surface area (Å²) in [6.45, 7) is 0. The van der Waals surface area contributed by atoms with E-state index in [4.69, 9.17) is 5.53 Å². The van der Waals surface area contributed by atoms with Crippen molar-refractivity contribution in [2.45, 2.75) is 0 Å². The Morgan fingerprint density at radius 3 is 2.69 bits per heavy atom. The molecule has 0 aliphatic heterocycles. The zero-order valence-electron chi connectivity index (χ0n) is 6.24. The van der Waals surface area contributed by atoms with Crippen LogP contribution in [0.1, 0.15) is 10.4 Å². The Bertz CT molecular complexity index is 399. The van der Waals surface area contributed by atoms with Gasteiger partial charge in [0.25, 0.3) is 0 Å². The topological polar surface area (TPSA) is 65.8 Å². The summed E-state index contributed by atoms with van der Waals surface area (Å²) in [4.78, 5) is 12.6. The summed E-state index contributed by atoms with van der Waals surface area (Å²) in [5.41, 5.74) is 7.21. The van der Waals surface area contributed by atoms with E-state index in [2.05, 4.69) is 10.0 Å². The van der Waals surface area contributed by atoms with E-state index in [9.17, 15) is 13.6 Å². The quantitative estimate of drug-likeness (QED) is 0.301. The van der Waals surface area contributed by atoms with Gasteiger partial charge in [-0.2, -0.15) is 0 Å². The first-order chi connectivity index (χ1) is 6.20. The number of carbonyl (C=O) groups is 1. The Hall–Kier alpha value is -1.94. The number of rotatable bonds is 2. The van der Waals surface area contributed by atoms with Gasteiger partial charge < -0.3 is 0 Å². The molecule has 0 aliphatic rings. The summed E-state index contributed by atoms with van der Waals surface area (Å²) in [5.74, 6) is -2.48. The molecule has 13 heavy (non-hydrogen) atoms. The molecule has 0 unspecified atom stereocenters. The van der Waals surface area contributed by atoms with Gasteiger partial charge in [0.15, 0.2) is 17.9 Å². The molecule has 1 rings (SSSR count). The highest BCUT2D eigenvalue weighted by molar-refractivity contribution is 5.82. The molecule has 1 aromatic carbocycles. The van der Waals surface area contributed by atoms with E-state index in [1.54, 1.807) is 0 Å². The standard InChI is InChI=1S/C7H3F2N3O/c8-5-2-1-4(3-13)7(6(5)9)11-12-10/h1-3H. The van der Waals surface area contributed by atoms with Crippen molar-refractivity contribution in [2.24, 2.45) is 5.11 Å². The van der Waals surface area contributed by atoms with Crippen LogP contribution in [-0.2, 0) is 0 Å². The van der Waals surface area contributed by atoms with Crippen LogP contribution >= 0.6 is 0 Å². The Morgan fingerprint density at radius 2 is 2.15 bits per heavy atom. The molecule has 0 amide bonds. The molecule has 0 aromatic heterocycles. The third-order valence-electron chi connectivity index (χ3n) is 1.37. The van der Waals surface area contributed by atoms with E-state index < -0.39 is 17.3 Å². The first-order valence-electron chi connectivity index (χ1n) is 3.19. The monoisotopic (exact) mass is 183 g/mol. The largest absolute Gasteiger partial charge is 0.298 e. The Morgan fingerprint density at radius 1 is 1.46 bits per heavy atom. The number of hydrogen-bond acceptors (Lipinski definition) is 2. The predicted molar refractivity (Wildman–Crippen MR) is 40.6 cm³/mol. The smallest absolute Gasteiger partial charge is 0.169 e. The molecule has 0 aliphatic carbocycles. The number of aldehydes is 1. The average Bonchev–Trinajstić information content (AvgIpc) is 2.14. The van der Waals surface area contributed by atoms with Crippen LogP contribution in [-0.4, -0.2) is 6.29 Å². The highest BCUT2D eigenvalue weighted by Gasteiger charge is 2.10. The van der Waals surface area contributed by atoms with Gasteiger partial charge in [0.05, 0.1) is 5.69 Å². The van der Waals surface area contributed by atoms with E-state index in [0.29, 0.717) is 0 Å². The zero-order chi connectivity index (χ0) is 9.84. The van der Waals surface area contributed by atoms with Gasteiger partial charge in [-0.15, -0.1) is 0 Å². The molecule has 0 N–H and O–H groups in total. The van der Waals surface area contributed by atoms with Crippen molar-refractivity contribution >= 4 is 12.0 Å². The number of hydrogen-bond donors (Lipinski definition) is 0. The van der Waals surface area contributed by atoms with Gasteiger partial charge in [-0.1, -0.05) is 5.11 Å². The lowest BCUT2D eigenvalue weighted by Gasteiger charge is -1.99. The molecule has 0 fully saturated rings. The molecule has 0 spiro atoms. The lowest BCUT2D eigenvalue weighted by atomic mass is 10.2. The number of halogens is 2. The van der Waals surface area contributed by atoms with Crippen LogP contribution in [0.2, 0.25) is 0 Å². The molecule has 0 radical (unpaired) electrons. The molecule has 0 saturated carbocycles. The Kier molecular flexibility index (Phi) is 2.56. The first-order valence-corrected chi connectivity index (χ1v) is 3.19. The normalized spacial score (nSPS) is 9.08. The molecular weight excluding hydrogens is 180 g/mol. The van der Waals surface area contributed by atoms with Crippen LogP contribution < -0.4 is 0 Å². The number of benzene rings is 1. The molecule has 0 atom stereocenters. The summed E-state index contributed by atoms with van der Waals surface area (Å²) in [5, 5.41) is 2.87. The molecule has 0 saturated heterocycles. The van der Waals surface area contributed by atoms with Gasteiger partial charge in [0, 0.05) is 10.5 Å². The van der Waals surface area contributed by atoms with E-state index in [1.165, 1.54) is 0 Å². The second-order valence-corrected chi connectivity index (χ2v) is 2.11. The van der Waals surface area contributed by atoms with E-state index >= 15 is 0 Å². The Balaban J connectivity index is 3.49. The minimum atomic E-state index is -1.32. The maximum atomic E-state index is 12.8. The van der Waals surface area contributed by atoms with Crippen LogP contribution in [0.5, 0.6) is 0 Å². The summed E-state index contributed by atoms with van der Waals surface area (Å²) >= 11 is 0. The summed E-state index contributed by atoms with van der Waals surface area (Å²) in [7, 11) is 0. The fourth-order valence-corrected chi connectivity index (χ4v) is 0.796. The van der Waals surface area contributed by atoms with E-state index in [1.807, 2.05) is 0 Å². The van der Waals surface area contributed by atoms with Crippen molar-refractivity contribution in [2.75, 3.05) is 0 Å². The average molecular weight is 183 g/mol. The molecule has 1 aromatic rings. The number of carbonyl (C=O) groups excluding carboxylic acids is 1. The molecular formula is C7H3F2N3O. The van der Waals surface area contributed by atoms with Crippen molar-refractivity contribution in [3.05, 3.63) is 39.8 Å². The lowest BCUT2D eigenvalue weighted by molar-refractivity contribution is 0.112. The molecule has 0 heterocycles. The van der Waals surface area contributed by atoms with Crippen LogP contribution in [0.4, 0.5) is 14.5 Å². The maximum Gasteiger partial charge on any atom is 0.169 e. The number of nitrogens with zero attached hydrogens (tertiary/aromatic N) is 3. The van der Waals surface area contributed by atoms with Gasteiger partial charge in [-0.25, -0.2) is 8.78 Å². The van der Waals surface area contributed by atoms with Crippen LogP contribution in [0.3, 0.4) is 0 Å². The second kappa shape index (κ2) is 3.64. The fraction of sp³-hybridized carbons (Fsp3) is 0. The van der Waals surface area contributed by atoms with Gasteiger partial charge in [0.2, 0.25) is 0 Å². The van der Waals surface area contributed by atoms with Crippen LogP contribution in [0, 0.1) is 11.6 Å². The molecule has 66 valence electrons. The molecule has 6 heteroatoms. The highest BCUT2D eigenvalue weighted by atomic mass is 19.2. The molecule has 4 nitrogen and oxygen atoms in total. The van der Waals surface area contributed by atoms with Crippen molar-refractivity contribution in [1.82, 2.24) is 0 Å². The SMILES string of the molecule is [N-]=[N+]=Nc1c(C=O)ccc(F)c1F. The summed E-state index contributed by atoms with van der Waals surface area (Å²) < 4.78 is 25.4. The predicted octanol–water partition coefficient (Wildman–Crippen LogP) is 2.72. The highest BCUT2D eigenvalue weighted by Crippen LogP contribution is 2.24. The summed E-state index contributed by atoms with van der Waals surface area (Å²) in [6.07, 6.45) is 0.284. The second-order valence-electron chi connectivity index (χ2n) is 2.11. The van der Waals surface area contributed by atoms with Gasteiger partial charge in [-0.05, 0) is 17.7 Å².